The molecule has 184 valence electrons. The summed E-state index contributed by atoms with van der Waals surface area (Å²) < 4.78 is 50.5. The normalized spacial score (nSPS) is 14.4. The molecule has 0 spiro atoms. The van der Waals surface area contributed by atoms with E-state index in [2.05, 4.69) is 10.3 Å². The minimum Gasteiger partial charge on any atom is -0.497 e. The largest absolute Gasteiger partial charge is 0.497 e. The predicted molar refractivity (Wildman–Crippen MR) is 129 cm³/mol. The molecule has 1 aromatic heterocycles. The van der Waals surface area contributed by atoms with Crippen LogP contribution in [0.4, 0.5) is 15.9 Å². The lowest BCUT2D eigenvalue weighted by molar-refractivity contribution is 0.102. The molecule has 0 saturated carbocycles. The molecule has 2 aromatic carbocycles. The fourth-order valence-electron chi connectivity index (χ4n) is 3.70. The van der Waals surface area contributed by atoms with E-state index in [-0.39, 0.29) is 23.9 Å². The molecule has 1 fully saturated rings. The number of carbonyl (C=O) groups excluding carboxylic acids is 1. The molecule has 1 N–H and O–H groups in total. The van der Waals surface area contributed by atoms with Gasteiger partial charge >= 0.3 is 0 Å². The highest BCUT2D eigenvalue weighted by atomic mass is 32.2. The summed E-state index contributed by atoms with van der Waals surface area (Å²) >= 11 is 0. The van der Waals surface area contributed by atoms with Gasteiger partial charge < -0.3 is 19.7 Å². The smallest absolute Gasteiger partial charge is 0.255 e. The molecule has 1 aliphatic rings. The van der Waals surface area contributed by atoms with Gasteiger partial charge in [-0.05, 0) is 48.5 Å². The van der Waals surface area contributed by atoms with Gasteiger partial charge in [-0.25, -0.2) is 17.8 Å². The number of nitrogens with one attached hydrogen (secondary N) is 1. The van der Waals surface area contributed by atoms with Crippen molar-refractivity contribution in [1.29, 1.82) is 0 Å². The van der Waals surface area contributed by atoms with E-state index in [1.165, 1.54) is 30.7 Å². The van der Waals surface area contributed by atoms with Gasteiger partial charge in [0.15, 0.2) is 0 Å². The van der Waals surface area contributed by atoms with Gasteiger partial charge in [0, 0.05) is 37.8 Å². The van der Waals surface area contributed by atoms with Crippen molar-refractivity contribution in [2.24, 2.45) is 0 Å². The fourth-order valence-corrected chi connectivity index (χ4v) is 5.12. The highest BCUT2D eigenvalue weighted by Gasteiger charge is 2.29. The number of ether oxygens (including phenoxy) is 2. The zero-order valence-corrected chi connectivity index (χ0v) is 20.1. The number of hydrogen-bond donors (Lipinski definition) is 1. The van der Waals surface area contributed by atoms with Gasteiger partial charge in [-0.2, -0.15) is 4.31 Å². The molecular formula is C24H25FN4O5S. The molecule has 11 heteroatoms. The number of pyridine rings is 1. The molecule has 35 heavy (non-hydrogen) atoms. The SMILES string of the molecule is COc1cc(OC)cc(C(=O)Nc2ccc(N3CCN(S(=O)(=O)c4ccc(F)cc4)CC3)nc2)c1. The van der Waals surface area contributed by atoms with Crippen molar-refractivity contribution in [2.45, 2.75) is 4.90 Å². The lowest BCUT2D eigenvalue weighted by atomic mass is 10.2. The van der Waals surface area contributed by atoms with E-state index in [0.717, 1.165) is 12.1 Å². The number of rotatable bonds is 7. The molecule has 0 unspecified atom stereocenters. The van der Waals surface area contributed by atoms with Crippen LogP contribution in [-0.4, -0.2) is 64.0 Å². The van der Waals surface area contributed by atoms with Crippen molar-refractivity contribution in [2.75, 3.05) is 50.6 Å². The summed E-state index contributed by atoms with van der Waals surface area (Å²) in [7, 11) is -0.665. The van der Waals surface area contributed by atoms with E-state index in [0.29, 0.717) is 41.7 Å². The zero-order valence-electron chi connectivity index (χ0n) is 19.3. The Morgan fingerprint density at radius 2 is 1.57 bits per heavy atom. The number of nitrogens with zero attached hydrogens (tertiary/aromatic N) is 3. The molecule has 0 radical (unpaired) electrons. The molecule has 2 heterocycles. The molecule has 1 aliphatic heterocycles. The van der Waals surface area contributed by atoms with E-state index < -0.39 is 15.8 Å². The number of aromatic nitrogens is 1. The molecule has 0 bridgehead atoms. The molecule has 1 saturated heterocycles. The van der Waals surface area contributed by atoms with E-state index in [4.69, 9.17) is 9.47 Å². The van der Waals surface area contributed by atoms with Crippen molar-refractivity contribution in [1.82, 2.24) is 9.29 Å². The standard InChI is InChI=1S/C24H25FN4O5S/c1-33-20-13-17(14-21(15-20)34-2)24(30)27-19-5-8-23(26-16-19)28-9-11-29(12-10-28)35(31,32)22-6-3-18(25)4-7-22/h3-8,13-16H,9-12H2,1-2H3,(H,27,30). The Balaban J connectivity index is 1.37. The van der Waals surface area contributed by atoms with Crippen molar-refractivity contribution in [3.05, 3.63) is 72.2 Å². The monoisotopic (exact) mass is 500 g/mol. The summed E-state index contributed by atoms with van der Waals surface area (Å²) in [5, 5.41) is 2.79. The number of benzene rings is 2. The Morgan fingerprint density at radius 1 is 0.943 bits per heavy atom. The molecule has 0 aliphatic carbocycles. The van der Waals surface area contributed by atoms with Crippen LogP contribution < -0.4 is 19.7 Å². The van der Waals surface area contributed by atoms with Crippen molar-refractivity contribution >= 4 is 27.4 Å². The van der Waals surface area contributed by atoms with Crippen LogP contribution >= 0.6 is 0 Å². The van der Waals surface area contributed by atoms with Gasteiger partial charge in [-0.1, -0.05) is 0 Å². The second-order valence-corrected chi connectivity index (χ2v) is 9.74. The minimum absolute atomic E-state index is 0.0687. The fraction of sp³-hybridized carbons (Fsp3) is 0.250. The maximum absolute atomic E-state index is 13.1. The Labute approximate surface area is 203 Å². The summed E-state index contributed by atoms with van der Waals surface area (Å²) in [6, 6.07) is 13.2. The van der Waals surface area contributed by atoms with Gasteiger partial charge in [0.1, 0.15) is 23.1 Å². The second kappa shape index (κ2) is 10.3. The average Bonchev–Trinajstić information content (AvgIpc) is 2.89. The topological polar surface area (TPSA) is 101 Å². The first-order valence-corrected chi connectivity index (χ1v) is 12.3. The Hall–Kier alpha value is -3.70. The first-order chi connectivity index (χ1) is 16.8. The van der Waals surface area contributed by atoms with Crippen LogP contribution in [0.3, 0.4) is 0 Å². The third-order valence-electron chi connectivity index (χ3n) is 5.63. The molecule has 9 nitrogen and oxygen atoms in total. The van der Waals surface area contributed by atoms with E-state index in [1.54, 1.807) is 36.5 Å². The number of piperazine rings is 1. The van der Waals surface area contributed by atoms with Crippen molar-refractivity contribution in [3.63, 3.8) is 0 Å². The summed E-state index contributed by atoms with van der Waals surface area (Å²) in [6.45, 7) is 1.45. The van der Waals surface area contributed by atoms with Crippen molar-refractivity contribution in [3.8, 4) is 11.5 Å². The summed E-state index contributed by atoms with van der Waals surface area (Å²) in [5.74, 6) is 0.857. The van der Waals surface area contributed by atoms with Crippen LogP contribution in [0, 0.1) is 5.82 Å². The van der Waals surface area contributed by atoms with Gasteiger partial charge in [-0.3, -0.25) is 4.79 Å². The van der Waals surface area contributed by atoms with Crippen LogP contribution in [-0.2, 0) is 10.0 Å². The van der Waals surface area contributed by atoms with Gasteiger partial charge in [-0.15, -0.1) is 0 Å². The van der Waals surface area contributed by atoms with E-state index in [1.807, 2.05) is 4.90 Å². The quantitative estimate of drug-likeness (QED) is 0.532. The number of halogens is 1. The molecule has 1 amide bonds. The van der Waals surface area contributed by atoms with Gasteiger partial charge in [0.25, 0.3) is 5.91 Å². The maximum Gasteiger partial charge on any atom is 0.255 e. The van der Waals surface area contributed by atoms with E-state index >= 15 is 0 Å². The minimum atomic E-state index is -3.69. The molecular weight excluding hydrogens is 475 g/mol. The number of carbonyl (C=O) groups is 1. The molecule has 0 atom stereocenters. The van der Waals surface area contributed by atoms with Crippen molar-refractivity contribution < 1.29 is 27.1 Å². The van der Waals surface area contributed by atoms with E-state index in [9.17, 15) is 17.6 Å². The van der Waals surface area contributed by atoms with Crippen LogP contribution in [0.15, 0.2) is 65.7 Å². The van der Waals surface area contributed by atoms with Crippen LogP contribution in [0.2, 0.25) is 0 Å². The Kier molecular flexibility index (Phi) is 7.17. The molecule has 3 aromatic rings. The summed E-state index contributed by atoms with van der Waals surface area (Å²) in [5.41, 5.74) is 0.891. The average molecular weight is 501 g/mol. The first kappa shape index (κ1) is 24.4. The second-order valence-electron chi connectivity index (χ2n) is 7.81. The third-order valence-corrected chi connectivity index (χ3v) is 7.55. The Bertz CT molecular complexity index is 1270. The summed E-state index contributed by atoms with van der Waals surface area (Å²) in [4.78, 5) is 19.1. The lowest BCUT2D eigenvalue weighted by Gasteiger charge is -2.34. The highest BCUT2D eigenvalue weighted by molar-refractivity contribution is 7.89. The predicted octanol–water partition coefficient (Wildman–Crippen LogP) is 3.00. The first-order valence-electron chi connectivity index (χ1n) is 10.8. The third kappa shape index (κ3) is 5.52. The zero-order chi connectivity index (χ0) is 25.0. The van der Waals surface area contributed by atoms with Gasteiger partial charge in [0.05, 0.1) is 31.0 Å². The van der Waals surface area contributed by atoms with Crippen LogP contribution in [0.1, 0.15) is 10.4 Å². The number of sulfonamides is 1. The van der Waals surface area contributed by atoms with Crippen LogP contribution in [0.5, 0.6) is 11.5 Å². The maximum atomic E-state index is 13.1. The number of anilines is 2. The highest BCUT2D eigenvalue weighted by Crippen LogP contribution is 2.24. The molecule has 4 rings (SSSR count). The Morgan fingerprint density at radius 3 is 2.11 bits per heavy atom. The summed E-state index contributed by atoms with van der Waals surface area (Å²) in [6.07, 6.45) is 1.55. The van der Waals surface area contributed by atoms with Crippen LogP contribution in [0.25, 0.3) is 0 Å². The van der Waals surface area contributed by atoms with Gasteiger partial charge in [0.2, 0.25) is 10.0 Å². The number of amides is 1. The lowest BCUT2D eigenvalue weighted by Crippen LogP contribution is -2.48. The number of methoxy groups -OCH3 is 2. The number of hydrogen-bond acceptors (Lipinski definition) is 7.